The van der Waals surface area contributed by atoms with Crippen LogP contribution in [0.25, 0.3) is 0 Å². The molecule has 0 saturated heterocycles. The van der Waals surface area contributed by atoms with Gasteiger partial charge in [-0.25, -0.2) is 8.42 Å². The topological polar surface area (TPSA) is 63.6 Å². The Morgan fingerprint density at radius 3 is 2.19 bits per heavy atom. The van der Waals surface area contributed by atoms with Crippen LogP contribution in [0.3, 0.4) is 0 Å². The lowest BCUT2D eigenvalue weighted by Crippen LogP contribution is -2.06. The first-order valence-electron chi connectivity index (χ1n) is 6.64. The van der Waals surface area contributed by atoms with Gasteiger partial charge in [0.25, 0.3) is 0 Å². The smallest absolute Gasteiger partial charge is 0.213 e. The highest BCUT2D eigenvalue weighted by atomic mass is 32.2. The lowest BCUT2D eigenvalue weighted by atomic mass is 10.2. The summed E-state index contributed by atoms with van der Waals surface area (Å²) in [5, 5.41) is 9.90. The first-order chi connectivity index (χ1) is 9.86. The van der Waals surface area contributed by atoms with Crippen molar-refractivity contribution in [3.63, 3.8) is 0 Å². The Labute approximate surface area is 124 Å². The third-order valence-corrected chi connectivity index (χ3v) is 4.90. The molecule has 0 unspecified atom stereocenters. The zero-order valence-electron chi connectivity index (χ0n) is 12.3. The van der Waals surface area contributed by atoms with Gasteiger partial charge >= 0.3 is 0 Å². The van der Waals surface area contributed by atoms with Crippen LogP contribution < -0.4 is 4.74 Å². The highest BCUT2D eigenvalue weighted by molar-refractivity contribution is 7.91. The molecule has 0 saturated carbocycles. The zero-order chi connectivity index (χ0) is 15.6. The summed E-state index contributed by atoms with van der Waals surface area (Å²) in [6, 6.07) is 9.50. The second-order valence-corrected chi connectivity index (χ2v) is 6.74. The number of sulfone groups is 1. The van der Waals surface area contributed by atoms with Gasteiger partial charge in [-0.05, 0) is 56.2 Å². The predicted octanol–water partition coefficient (Wildman–Crippen LogP) is 3.24. The summed E-state index contributed by atoms with van der Waals surface area (Å²) in [5.41, 5.74) is 1.57. The van der Waals surface area contributed by atoms with E-state index in [9.17, 15) is 13.5 Å². The van der Waals surface area contributed by atoms with Gasteiger partial charge in [0.1, 0.15) is 21.3 Å². The average molecular weight is 306 g/mol. The standard InChI is InChI=1S/C16H18O4S/c1-4-20-14-8-6-12(3)10-16(14)21(18,19)15-9-11(2)5-7-13(15)17/h5-10,17H,4H2,1-3H3. The number of phenols is 1. The second-order valence-electron chi connectivity index (χ2n) is 4.86. The highest BCUT2D eigenvalue weighted by Crippen LogP contribution is 2.34. The molecule has 2 aromatic rings. The van der Waals surface area contributed by atoms with Crippen molar-refractivity contribution in [3.8, 4) is 11.5 Å². The van der Waals surface area contributed by atoms with Crippen molar-refractivity contribution in [3.05, 3.63) is 47.5 Å². The number of ether oxygens (including phenoxy) is 1. The molecule has 0 amide bonds. The maximum atomic E-state index is 12.8. The first-order valence-corrected chi connectivity index (χ1v) is 8.12. The maximum Gasteiger partial charge on any atom is 0.213 e. The highest BCUT2D eigenvalue weighted by Gasteiger charge is 2.25. The lowest BCUT2D eigenvalue weighted by Gasteiger charge is -2.13. The molecule has 0 spiro atoms. The summed E-state index contributed by atoms with van der Waals surface area (Å²) in [6.45, 7) is 5.74. The van der Waals surface area contributed by atoms with Gasteiger partial charge in [0.15, 0.2) is 0 Å². The maximum absolute atomic E-state index is 12.8. The first kappa shape index (κ1) is 15.4. The largest absolute Gasteiger partial charge is 0.507 e. The summed E-state index contributed by atoms with van der Waals surface area (Å²) in [4.78, 5) is -0.0284. The molecule has 0 fully saturated rings. The number of phenolic OH excluding ortho intramolecular Hbond substituents is 1. The van der Waals surface area contributed by atoms with E-state index in [1.165, 1.54) is 12.1 Å². The molecule has 0 bridgehead atoms. The molecule has 0 radical (unpaired) electrons. The number of benzene rings is 2. The summed E-state index contributed by atoms with van der Waals surface area (Å²) in [5.74, 6) is 0.0357. The lowest BCUT2D eigenvalue weighted by molar-refractivity contribution is 0.331. The van der Waals surface area contributed by atoms with E-state index in [1.54, 1.807) is 38.1 Å². The molecular weight excluding hydrogens is 288 g/mol. The van der Waals surface area contributed by atoms with Crippen LogP contribution in [-0.4, -0.2) is 20.1 Å². The van der Waals surface area contributed by atoms with Crippen LogP contribution in [-0.2, 0) is 9.84 Å². The molecule has 0 aliphatic carbocycles. The third kappa shape index (κ3) is 3.03. The van der Waals surface area contributed by atoms with E-state index >= 15 is 0 Å². The van der Waals surface area contributed by atoms with Crippen molar-refractivity contribution < 1.29 is 18.3 Å². The van der Waals surface area contributed by atoms with Gasteiger partial charge in [0.05, 0.1) is 6.61 Å². The molecule has 2 aromatic carbocycles. The minimum atomic E-state index is -3.84. The summed E-state index contributed by atoms with van der Waals surface area (Å²) in [6.07, 6.45) is 0. The van der Waals surface area contributed by atoms with Gasteiger partial charge in [-0.15, -0.1) is 0 Å². The molecule has 0 aromatic heterocycles. The van der Waals surface area contributed by atoms with Crippen molar-refractivity contribution in [2.24, 2.45) is 0 Å². The fourth-order valence-corrected chi connectivity index (χ4v) is 3.71. The minimum absolute atomic E-state index is 0.0743. The monoisotopic (exact) mass is 306 g/mol. The Kier molecular flexibility index (Phi) is 4.23. The van der Waals surface area contributed by atoms with Gasteiger partial charge in [0, 0.05) is 0 Å². The molecule has 0 atom stereocenters. The molecule has 4 nitrogen and oxygen atoms in total. The number of rotatable bonds is 4. The molecule has 1 N–H and O–H groups in total. The molecule has 0 heterocycles. The average Bonchev–Trinajstić information content (AvgIpc) is 2.43. The number of aryl methyl sites for hydroxylation is 2. The van der Waals surface area contributed by atoms with Crippen LogP contribution in [0.5, 0.6) is 11.5 Å². The molecular formula is C16H18O4S. The van der Waals surface area contributed by atoms with Crippen LogP contribution in [0.2, 0.25) is 0 Å². The summed E-state index contributed by atoms with van der Waals surface area (Å²) in [7, 11) is -3.84. The zero-order valence-corrected chi connectivity index (χ0v) is 13.1. The fourth-order valence-electron chi connectivity index (χ4n) is 2.06. The van der Waals surface area contributed by atoms with Crippen LogP contribution in [0.15, 0.2) is 46.2 Å². The summed E-state index contributed by atoms with van der Waals surface area (Å²) >= 11 is 0. The van der Waals surface area contributed by atoms with Crippen molar-refractivity contribution in [1.82, 2.24) is 0 Å². The quantitative estimate of drug-likeness (QED) is 0.942. The van der Waals surface area contributed by atoms with Crippen LogP contribution in [0.4, 0.5) is 0 Å². The minimum Gasteiger partial charge on any atom is -0.507 e. The Bertz CT molecular complexity index is 764. The number of aromatic hydroxyl groups is 1. The van der Waals surface area contributed by atoms with Gasteiger partial charge < -0.3 is 9.84 Å². The third-order valence-electron chi connectivity index (χ3n) is 3.09. The molecule has 2 rings (SSSR count). The van der Waals surface area contributed by atoms with E-state index in [1.807, 2.05) is 6.92 Å². The van der Waals surface area contributed by atoms with Gasteiger partial charge in [-0.3, -0.25) is 0 Å². The molecule has 112 valence electrons. The van der Waals surface area contributed by atoms with Crippen LogP contribution in [0, 0.1) is 13.8 Å². The predicted molar refractivity (Wildman–Crippen MR) is 80.6 cm³/mol. The van der Waals surface area contributed by atoms with E-state index in [-0.39, 0.29) is 15.5 Å². The molecule has 5 heteroatoms. The van der Waals surface area contributed by atoms with Gasteiger partial charge in [0.2, 0.25) is 9.84 Å². The van der Waals surface area contributed by atoms with E-state index in [0.29, 0.717) is 12.4 Å². The van der Waals surface area contributed by atoms with Crippen molar-refractivity contribution >= 4 is 9.84 Å². The Morgan fingerprint density at radius 1 is 1.00 bits per heavy atom. The summed E-state index contributed by atoms with van der Waals surface area (Å²) < 4.78 is 31.0. The Morgan fingerprint density at radius 2 is 1.57 bits per heavy atom. The second kappa shape index (κ2) is 5.77. The fraction of sp³-hybridized carbons (Fsp3) is 0.250. The Balaban J connectivity index is 2.69. The molecule has 0 aliphatic rings. The number of hydrogen-bond donors (Lipinski definition) is 1. The van der Waals surface area contributed by atoms with E-state index in [0.717, 1.165) is 11.1 Å². The number of hydrogen-bond acceptors (Lipinski definition) is 4. The Hall–Kier alpha value is -2.01. The van der Waals surface area contributed by atoms with Gasteiger partial charge in [-0.2, -0.15) is 0 Å². The van der Waals surface area contributed by atoms with E-state index in [4.69, 9.17) is 4.74 Å². The van der Waals surface area contributed by atoms with Crippen molar-refractivity contribution in [2.75, 3.05) is 6.61 Å². The van der Waals surface area contributed by atoms with E-state index in [2.05, 4.69) is 0 Å². The molecule has 21 heavy (non-hydrogen) atoms. The van der Waals surface area contributed by atoms with Crippen molar-refractivity contribution in [1.29, 1.82) is 0 Å². The SMILES string of the molecule is CCOc1ccc(C)cc1S(=O)(=O)c1cc(C)ccc1O. The normalized spacial score (nSPS) is 11.4. The van der Waals surface area contributed by atoms with Crippen molar-refractivity contribution in [2.45, 2.75) is 30.6 Å². The van der Waals surface area contributed by atoms with E-state index < -0.39 is 9.84 Å². The van der Waals surface area contributed by atoms with Gasteiger partial charge in [-0.1, -0.05) is 12.1 Å². The molecule has 0 aliphatic heterocycles. The van der Waals surface area contributed by atoms with Crippen LogP contribution in [0.1, 0.15) is 18.1 Å². The van der Waals surface area contributed by atoms with Crippen LogP contribution >= 0.6 is 0 Å².